The van der Waals surface area contributed by atoms with Gasteiger partial charge in [0.05, 0.1) is 0 Å². The summed E-state index contributed by atoms with van der Waals surface area (Å²) >= 11 is 0. The molecular weight excluding hydrogens is 268 g/mol. The van der Waals surface area contributed by atoms with Gasteiger partial charge < -0.3 is 20.5 Å². The molecule has 0 radical (unpaired) electrons. The van der Waals surface area contributed by atoms with Gasteiger partial charge in [-0.15, -0.1) is 0 Å². The lowest BCUT2D eigenvalue weighted by atomic mass is 9.86. The highest BCUT2D eigenvalue weighted by molar-refractivity contribution is 5.94. The van der Waals surface area contributed by atoms with Crippen LogP contribution >= 0.6 is 0 Å². The number of rotatable bonds is 3. The largest absolute Gasteiger partial charge is 0.486 e. The van der Waals surface area contributed by atoms with Crippen LogP contribution in [0.2, 0.25) is 0 Å². The molecule has 1 aromatic rings. The monoisotopic (exact) mass is 290 g/mol. The number of nitrogens with one attached hydrogen (secondary N) is 1. The molecule has 1 heterocycles. The zero-order valence-electron chi connectivity index (χ0n) is 12.1. The SMILES string of the molecule is NC1CCC(CNC(=O)c2ccc3c(c2)OCCO3)CC1. The molecule has 1 aromatic carbocycles. The van der Waals surface area contributed by atoms with Gasteiger partial charge in [-0.2, -0.15) is 0 Å². The van der Waals surface area contributed by atoms with Crippen molar-refractivity contribution < 1.29 is 14.3 Å². The van der Waals surface area contributed by atoms with Crippen LogP contribution in [-0.4, -0.2) is 31.7 Å². The van der Waals surface area contributed by atoms with Crippen LogP contribution in [0.4, 0.5) is 0 Å². The van der Waals surface area contributed by atoms with E-state index in [0.717, 1.165) is 32.2 Å². The molecule has 3 rings (SSSR count). The van der Waals surface area contributed by atoms with Gasteiger partial charge in [-0.25, -0.2) is 0 Å². The second kappa shape index (κ2) is 6.35. The Morgan fingerprint density at radius 2 is 1.86 bits per heavy atom. The number of amides is 1. The van der Waals surface area contributed by atoms with E-state index in [9.17, 15) is 4.79 Å². The predicted octanol–water partition coefficient (Wildman–Crippen LogP) is 1.71. The Morgan fingerprint density at radius 1 is 1.14 bits per heavy atom. The average Bonchev–Trinajstić information content (AvgIpc) is 2.53. The van der Waals surface area contributed by atoms with Crippen molar-refractivity contribution in [2.45, 2.75) is 31.7 Å². The summed E-state index contributed by atoms with van der Waals surface area (Å²) < 4.78 is 11.0. The fourth-order valence-corrected chi connectivity index (χ4v) is 2.92. The van der Waals surface area contributed by atoms with Crippen LogP contribution in [0.25, 0.3) is 0 Å². The number of fused-ring (bicyclic) bond motifs is 1. The van der Waals surface area contributed by atoms with Gasteiger partial charge in [0.1, 0.15) is 13.2 Å². The quantitative estimate of drug-likeness (QED) is 0.888. The van der Waals surface area contributed by atoms with E-state index in [1.807, 2.05) is 0 Å². The molecular formula is C16H22N2O3. The van der Waals surface area contributed by atoms with E-state index < -0.39 is 0 Å². The van der Waals surface area contributed by atoms with Crippen molar-refractivity contribution >= 4 is 5.91 Å². The van der Waals surface area contributed by atoms with Gasteiger partial charge in [0.2, 0.25) is 0 Å². The number of hydrogen-bond donors (Lipinski definition) is 2. The highest BCUT2D eigenvalue weighted by Gasteiger charge is 2.20. The highest BCUT2D eigenvalue weighted by Crippen LogP contribution is 2.30. The van der Waals surface area contributed by atoms with E-state index in [0.29, 0.717) is 42.2 Å². The van der Waals surface area contributed by atoms with Crippen LogP contribution in [-0.2, 0) is 0 Å². The number of hydrogen-bond acceptors (Lipinski definition) is 4. The first-order valence-corrected chi connectivity index (χ1v) is 7.66. The fourth-order valence-electron chi connectivity index (χ4n) is 2.92. The summed E-state index contributed by atoms with van der Waals surface area (Å²) in [6, 6.07) is 5.67. The summed E-state index contributed by atoms with van der Waals surface area (Å²) in [5, 5.41) is 3.01. The van der Waals surface area contributed by atoms with E-state index in [-0.39, 0.29) is 5.91 Å². The van der Waals surface area contributed by atoms with E-state index in [1.54, 1.807) is 18.2 Å². The molecule has 5 nitrogen and oxygen atoms in total. The summed E-state index contributed by atoms with van der Waals surface area (Å²) in [5.74, 6) is 1.85. The fraction of sp³-hybridized carbons (Fsp3) is 0.562. The number of carbonyl (C=O) groups excluding carboxylic acids is 1. The minimum Gasteiger partial charge on any atom is -0.486 e. The molecule has 0 spiro atoms. The molecule has 0 atom stereocenters. The van der Waals surface area contributed by atoms with Gasteiger partial charge in [-0.3, -0.25) is 4.79 Å². The molecule has 21 heavy (non-hydrogen) atoms. The first-order valence-electron chi connectivity index (χ1n) is 7.66. The van der Waals surface area contributed by atoms with Crippen molar-refractivity contribution in [2.75, 3.05) is 19.8 Å². The standard InChI is InChI=1S/C16H22N2O3/c17-13-4-1-11(2-5-13)10-18-16(19)12-3-6-14-15(9-12)21-8-7-20-14/h3,6,9,11,13H,1-2,4-5,7-8,10,17H2,(H,18,19). The van der Waals surface area contributed by atoms with Crippen molar-refractivity contribution in [2.24, 2.45) is 11.7 Å². The van der Waals surface area contributed by atoms with Gasteiger partial charge >= 0.3 is 0 Å². The van der Waals surface area contributed by atoms with E-state index >= 15 is 0 Å². The minimum atomic E-state index is -0.0538. The molecule has 1 aliphatic carbocycles. The summed E-state index contributed by atoms with van der Waals surface area (Å²) in [4.78, 5) is 12.2. The zero-order valence-corrected chi connectivity index (χ0v) is 12.1. The van der Waals surface area contributed by atoms with Crippen LogP contribution in [0.3, 0.4) is 0 Å². The first kappa shape index (κ1) is 14.2. The molecule has 1 fully saturated rings. The van der Waals surface area contributed by atoms with E-state index in [1.165, 1.54) is 0 Å². The Labute approximate surface area is 124 Å². The van der Waals surface area contributed by atoms with Gasteiger partial charge in [0.25, 0.3) is 5.91 Å². The zero-order chi connectivity index (χ0) is 14.7. The average molecular weight is 290 g/mol. The molecule has 114 valence electrons. The highest BCUT2D eigenvalue weighted by atomic mass is 16.6. The lowest BCUT2D eigenvalue weighted by Crippen LogP contribution is -2.34. The number of benzene rings is 1. The lowest BCUT2D eigenvalue weighted by Gasteiger charge is -2.26. The Morgan fingerprint density at radius 3 is 2.62 bits per heavy atom. The Kier molecular flexibility index (Phi) is 4.29. The normalized spacial score (nSPS) is 24.4. The molecule has 3 N–H and O–H groups in total. The Balaban J connectivity index is 1.55. The molecule has 0 unspecified atom stereocenters. The van der Waals surface area contributed by atoms with Crippen molar-refractivity contribution in [3.8, 4) is 11.5 Å². The third-order valence-corrected chi connectivity index (χ3v) is 4.25. The maximum Gasteiger partial charge on any atom is 0.251 e. The molecule has 0 aromatic heterocycles. The maximum absolute atomic E-state index is 12.2. The predicted molar refractivity (Wildman–Crippen MR) is 79.7 cm³/mol. The van der Waals surface area contributed by atoms with E-state index in [4.69, 9.17) is 15.2 Å². The van der Waals surface area contributed by atoms with Gasteiger partial charge in [0.15, 0.2) is 11.5 Å². The van der Waals surface area contributed by atoms with Crippen LogP contribution in [0.1, 0.15) is 36.0 Å². The summed E-state index contributed by atoms with van der Waals surface area (Å²) in [5.41, 5.74) is 6.51. The summed E-state index contributed by atoms with van der Waals surface area (Å²) in [7, 11) is 0. The second-order valence-corrected chi connectivity index (χ2v) is 5.85. The number of carbonyl (C=O) groups is 1. The maximum atomic E-state index is 12.2. The van der Waals surface area contributed by atoms with Crippen LogP contribution in [0.15, 0.2) is 18.2 Å². The first-order chi connectivity index (χ1) is 10.2. The van der Waals surface area contributed by atoms with Crippen molar-refractivity contribution in [1.82, 2.24) is 5.32 Å². The molecule has 0 saturated heterocycles. The van der Waals surface area contributed by atoms with Gasteiger partial charge in [0, 0.05) is 18.2 Å². The van der Waals surface area contributed by atoms with Crippen molar-refractivity contribution in [1.29, 1.82) is 0 Å². The second-order valence-electron chi connectivity index (χ2n) is 5.85. The van der Waals surface area contributed by atoms with Crippen LogP contribution in [0, 0.1) is 5.92 Å². The summed E-state index contributed by atoms with van der Waals surface area (Å²) in [6.45, 7) is 1.81. The molecule has 0 bridgehead atoms. The van der Waals surface area contributed by atoms with Gasteiger partial charge in [-0.05, 0) is 49.8 Å². The molecule has 2 aliphatic rings. The topological polar surface area (TPSA) is 73.6 Å². The van der Waals surface area contributed by atoms with Crippen molar-refractivity contribution in [3.05, 3.63) is 23.8 Å². The van der Waals surface area contributed by atoms with Crippen molar-refractivity contribution in [3.63, 3.8) is 0 Å². The van der Waals surface area contributed by atoms with Crippen LogP contribution in [0.5, 0.6) is 11.5 Å². The Bertz CT molecular complexity index is 510. The third-order valence-electron chi connectivity index (χ3n) is 4.25. The summed E-state index contributed by atoms with van der Waals surface area (Å²) in [6.07, 6.45) is 4.32. The molecule has 1 saturated carbocycles. The molecule has 1 amide bonds. The molecule has 1 aliphatic heterocycles. The third kappa shape index (κ3) is 3.47. The lowest BCUT2D eigenvalue weighted by molar-refractivity contribution is 0.0942. The molecule has 5 heteroatoms. The Hall–Kier alpha value is -1.75. The smallest absolute Gasteiger partial charge is 0.251 e. The van der Waals surface area contributed by atoms with E-state index in [2.05, 4.69) is 5.32 Å². The number of nitrogens with two attached hydrogens (primary N) is 1. The number of ether oxygens (including phenoxy) is 2. The minimum absolute atomic E-state index is 0.0538. The van der Waals surface area contributed by atoms with Gasteiger partial charge in [-0.1, -0.05) is 0 Å². The van der Waals surface area contributed by atoms with Crippen LogP contribution < -0.4 is 20.5 Å².